The number of aryl methyl sites for hydroxylation is 1. The maximum Gasteiger partial charge on any atom is 0.126 e. The van der Waals surface area contributed by atoms with Crippen LogP contribution in [0.4, 0.5) is 4.39 Å². The minimum Gasteiger partial charge on any atom is -0.396 e. The van der Waals surface area contributed by atoms with E-state index in [1.54, 1.807) is 18.7 Å². The highest BCUT2D eigenvalue weighted by Crippen LogP contribution is 2.29. The van der Waals surface area contributed by atoms with Crippen LogP contribution >= 0.6 is 11.8 Å². The molecular weight excluding hydrogens is 225 g/mol. The molecule has 3 N–H and O–H groups in total. The van der Waals surface area contributed by atoms with E-state index in [0.29, 0.717) is 5.56 Å². The van der Waals surface area contributed by atoms with Gasteiger partial charge in [0.25, 0.3) is 0 Å². The van der Waals surface area contributed by atoms with Gasteiger partial charge in [-0.1, -0.05) is 0 Å². The predicted molar refractivity (Wildman–Crippen MR) is 66.2 cm³/mol. The third-order valence-corrected chi connectivity index (χ3v) is 3.50. The molecule has 0 radical (unpaired) electrons. The number of aliphatic hydroxyl groups is 1. The lowest BCUT2D eigenvalue weighted by molar-refractivity contribution is 0.296. The molecule has 0 heterocycles. The van der Waals surface area contributed by atoms with Crippen LogP contribution in [-0.2, 0) is 0 Å². The Bertz CT molecular complexity index is 355. The summed E-state index contributed by atoms with van der Waals surface area (Å²) in [5, 5.41) is 8.72. The lowest BCUT2D eigenvalue weighted by Crippen LogP contribution is -2.07. The molecule has 0 aliphatic carbocycles. The van der Waals surface area contributed by atoms with Gasteiger partial charge in [-0.05, 0) is 43.5 Å². The van der Waals surface area contributed by atoms with Gasteiger partial charge < -0.3 is 10.8 Å². The first-order valence-corrected chi connectivity index (χ1v) is 6.34. The molecule has 0 spiro atoms. The molecule has 0 aromatic heterocycles. The number of halogens is 1. The maximum atomic E-state index is 13.4. The number of thioether (sulfide) groups is 1. The average molecular weight is 243 g/mol. The van der Waals surface area contributed by atoms with Crippen LogP contribution in [0.25, 0.3) is 0 Å². The number of aliphatic hydroxyl groups excluding tert-OH is 1. The van der Waals surface area contributed by atoms with Gasteiger partial charge in [0.2, 0.25) is 0 Å². The molecule has 4 heteroatoms. The maximum absolute atomic E-state index is 13.4. The molecular formula is C12H18FNOS. The molecule has 1 aromatic rings. The Labute approximate surface area is 100 Å². The van der Waals surface area contributed by atoms with Crippen molar-refractivity contribution in [3.8, 4) is 0 Å². The number of hydrogen-bond acceptors (Lipinski definition) is 3. The molecule has 0 aliphatic heterocycles. The van der Waals surface area contributed by atoms with Crippen molar-refractivity contribution in [2.45, 2.75) is 31.2 Å². The van der Waals surface area contributed by atoms with Gasteiger partial charge in [0.05, 0.1) is 0 Å². The summed E-state index contributed by atoms with van der Waals surface area (Å²) in [7, 11) is 0. The number of hydrogen-bond donors (Lipinski definition) is 2. The summed E-state index contributed by atoms with van der Waals surface area (Å²) in [6.45, 7) is 3.78. The van der Waals surface area contributed by atoms with Gasteiger partial charge in [-0.25, -0.2) is 4.39 Å². The van der Waals surface area contributed by atoms with Crippen molar-refractivity contribution in [3.05, 3.63) is 29.1 Å². The summed E-state index contributed by atoms with van der Waals surface area (Å²) in [6, 6.07) is 3.17. The Morgan fingerprint density at radius 3 is 2.75 bits per heavy atom. The largest absolute Gasteiger partial charge is 0.396 e. The zero-order chi connectivity index (χ0) is 12.1. The van der Waals surface area contributed by atoms with E-state index in [1.807, 2.05) is 13.0 Å². The van der Waals surface area contributed by atoms with Crippen molar-refractivity contribution in [2.24, 2.45) is 5.73 Å². The molecule has 0 aliphatic rings. The van der Waals surface area contributed by atoms with E-state index in [9.17, 15) is 4.39 Å². The van der Waals surface area contributed by atoms with Gasteiger partial charge in [0, 0.05) is 23.3 Å². The second-order valence-electron chi connectivity index (χ2n) is 3.85. The predicted octanol–water partition coefficient (Wildman–Crippen LogP) is 2.63. The van der Waals surface area contributed by atoms with Crippen molar-refractivity contribution in [1.82, 2.24) is 0 Å². The van der Waals surface area contributed by atoms with Gasteiger partial charge in [0.15, 0.2) is 0 Å². The smallest absolute Gasteiger partial charge is 0.126 e. The fraction of sp³-hybridized carbons (Fsp3) is 0.500. The lowest BCUT2D eigenvalue weighted by atomic mass is 10.1. The summed E-state index contributed by atoms with van der Waals surface area (Å²) in [5.74, 6) is 0.611. The molecule has 0 amide bonds. The van der Waals surface area contributed by atoms with Crippen molar-refractivity contribution in [3.63, 3.8) is 0 Å². The number of benzene rings is 1. The molecule has 1 rings (SSSR count). The van der Waals surface area contributed by atoms with E-state index in [1.165, 1.54) is 6.07 Å². The van der Waals surface area contributed by atoms with Crippen LogP contribution in [0.1, 0.15) is 30.5 Å². The van der Waals surface area contributed by atoms with Crippen molar-refractivity contribution < 1.29 is 9.50 Å². The topological polar surface area (TPSA) is 46.2 Å². The standard InChI is InChI=1S/C12H18FNOS/c1-8-6-12(16-5-3-4-15)10(9(2)14)7-11(8)13/h6-7,9,15H,3-5,14H2,1-2H3/t9-/m0/s1. The Morgan fingerprint density at radius 2 is 2.19 bits per heavy atom. The van der Waals surface area contributed by atoms with E-state index >= 15 is 0 Å². The normalized spacial score (nSPS) is 12.8. The van der Waals surface area contributed by atoms with Crippen LogP contribution in [-0.4, -0.2) is 17.5 Å². The van der Waals surface area contributed by atoms with Gasteiger partial charge >= 0.3 is 0 Å². The molecule has 0 fully saturated rings. The van der Waals surface area contributed by atoms with E-state index in [2.05, 4.69) is 0 Å². The Hall–Kier alpha value is -0.580. The second kappa shape index (κ2) is 6.23. The molecule has 0 bridgehead atoms. The quantitative estimate of drug-likeness (QED) is 0.617. The monoisotopic (exact) mass is 243 g/mol. The van der Waals surface area contributed by atoms with E-state index in [0.717, 1.165) is 22.6 Å². The highest BCUT2D eigenvalue weighted by molar-refractivity contribution is 7.99. The first-order chi connectivity index (χ1) is 7.56. The Kier molecular flexibility index (Phi) is 5.25. The van der Waals surface area contributed by atoms with E-state index in [-0.39, 0.29) is 18.5 Å². The van der Waals surface area contributed by atoms with Gasteiger partial charge in [-0.15, -0.1) is 11.8 Å². The zero-order valence-electron chi connectivity index (χ0n) is 9.66. The van der Waals surface area contributed by atoms with Gasteiger partial charge in [-0.3, -0.25) is 0 Å². The van der Waals surface area contributed by atoms with Gasteiger partial charge in [0.1, 0.15) is 5.82 Å². The zero-order valence-corrected chi connectivity index (χ0v) is 10.5. The molecule has 1 atom stereocenters. The molecule has 0 unspecified atom stereocenters. The van der Waals surface area contributed by atoms with Crippen molar-refractivity contribution in [2.75, 3.05) is 12.4 Å². The lowest BCUT2D eigenvalue weighted by Gasteiger charge is -2.13. The molecule has 90 valence electrons. The first kappa shape index (κ1) is 13.5. The highest BCUT2D eigenvalue weighted by Gasteiger charge is 2.11. The Balaban J connectivity index is 2.91. The van der Waals surface area contributed by atoms with Crippen LogP contribution in [0, 0.1) is 12.7 Å². The molecule has 16 heavy (non-hydrogen) atoms. The average Bonchev–Trinajstić information content (AvgIpc) is 2.23. The fourth-order valence-electron chi connectivity index (χ4n) is 1.40. The highest BCUT2D eigenvalue weighted by atomic mass is 32.2. The number of rotatable bonds is 5. The molecule has 1 aromatic carbocycles. The third-order valence-electron chi connectivity index (χ3n) is 2.34. The van der Waals surface area contributed by atoms with Crippen LogP contribution in [0.5, 0.6) is 0 Å². The van der Waals surface area contributed by atoms with E-state index < -0.39 is 0 Å². The minimum atomic E-state index is -0.209. The van der Waals surface area contributed by atoms with Crippen LogP contribution in [0.3, 0.4) is 0 Å². The van der Waals surface area contributed by atoms with Gasteiger partial charge in [-0.2, -0.15) is 0 Å². The minimum absolute atomic E-state index is 0.174. The van der Waals surface area contributed by atoms with Crippen molar-refractivity contribution >= 4 is 11.8 Å². The summed E-state index contributed by atoms with van der Waals surface area (Å²) in [4.78, 5) is 1.02. The summed E-state index contributed by atoms with van der Waals surface area (Å²) in [5.41, 5.74) is 7.28. The number of nitrogens with two attached hydrogens (primary N) is 1. The van der Waals surface area contributed by atoms with Crippen LogP contribution in [0.15, 0.2) is 17.0 Å². The fourth-order valence-corrected chi connectivity index (χ4v) is 2.56. The molecule has 0 saturated carbocycles. The van der Waals surface area contributed by atoms with E-state index in [4.69, 9.17) is 10.8 Å². The Morgan fingerprint density at radius 1 is 1.50 bits per heavy atom. The third kappa shape index (κ3) is 3.47. The summed E-state index contributed by atoms with van der Waals surface area (Å²) >= 11 is 1.62. The summed E-state index contributed by atoms with van der Waals surface area (Å²) in [6.07, 6.45) is 0.736. The van der Waals surface area contributed by atoms with Crippen LogP contribution in [0.2, 0.25) is 0 Å². The summed E-state index contributed by atoms with van der Waals surface area (Å²) < 4.78 is 13.4. The van der Waals surface area contributed by atoms with Crippen LogP contribution < -0.4 is 5.73 Å². The molecule has 0 saturated heterocycles. The van der Waals surface area contributed by atoms with Crippen molar-refractivity contribution in [1.29, 1.82) is 0 Å². The SMILES string of the molecule is Cc1cc(SCCCO)c([C@H](C)N)cc1F. The second-order valence-corrected chi connectivity index (χ2v) is 4.99. The molecule has 2 nitrogen and oxygen atoms in total. The first-order valence-electron chi connectivity index (χ1n) is 5.35.